The van der Waals surface area contributed by atoms with Crippen molar-refractivity contribution >= 4 is 21.9 Å². The first-order valence-electron chi connectivity index (χ1n) is 11.5. The van der Waals surface area contributed by atoms with Gasteiger partial charge in [0.05, 0.1) is 6.40 Å². The third kappa shape index (κ3) is 6.78. The van der Waals surface area contributed by atoms with Gasteiger partial charge in [-0.1, -0.05) is 94.8 Å². The smallest absolute Gasteiger partial charge is 0.308 e. The summed E-state index contributed by atoms with van der Waals surface area (Å²) in [6, 6.07) is 27.7. The van der Waals surface area contributed by atoms with Crippen LogP contribution in [0.1, 0.15) is 64.2 Å². The van der Waals surface area contributed by atoms with Gasteiger partial charge in [0.2, 0.25) is 0 Å². The van der Waals surface area contributed by atoms with Crippen LogP contribution in [0.5, 0.6) is 0 Å². The lowest BCUT2D eigenvalue weighted by Crippen LogP contribution is -2.34. The van der Waals surface area contributed by atoms with Gasteiger partial charge in [-0.3, -0.25) is 9.69 Å². The number of hydrogen-bond donors (Lipinski definition) is 0. The Morgan fingerprint density at radius 3 is 2.12 bits per heavy atom. The number of nitrogens with zero attached hydrogens (tertiary/aromatic N) is 1. The van der Waals surface area contributed by atoms with Crippen LogP contribution in [0.15, 0.2) is 89.4 Å². The van der Waals surface area contributed by atoms with Crippen LogP contribution in [-0.4, -0.2) is 16.5 Å². The maximum Gasteiger partial charge on any atom is 0.308 e. The minimum Gasteiger partial charge on any atom is -0.460 e. The molecule has 0 aliphatic heterocycles. The summed E-state index contributed by atoms with van der Waals surface area (Å²) in [6.07, 6.45) is -1.13. The van der Waals surface area contributed by atoms with Gasteiger partial charge < -0.3 is 4.74 Å². The molecule has 0 saturated carbocycles. The molecule has 4 heteroatoms. The Bertz CT molecular complexity index is 1040. The molecule has 0 spiro atoms. The van der Waals surface area contributed by atoms with Crippen LogP contribution in [0.2, 0.25) is 0 Å². The number of halogens is 1. The molecule has 0 N–H and O–H groups in total. The van der Waals surface area contributed by atoms with E-state index in [4.69, 9.17) is 6.11 Å². The number of rotatable bonds is 8. The van der Waals surface area contributed by atoms with Gasteiger partial charge in [-0.25, -0.2) is 0 Å². The minimum absolute atomic E-state index is 0.0428. The summed E-state index contributed by atoms with van der Waals surface area (Å²) in [5.41, 5.74) is 2.47. The summed E-state index contributed by atoms with van der Waals surface area (Å²) in [6.45, 7) is 8.21. The molecule has 0 radical (unpaired) electrons. The summed E-state index contributed by atoms with van der Waals surface area (Å²) >= 11 is 3.67. The fraction of sp³-hybridized carbons (Fsp3) is 0.321. The SMILES string of the molecule is [2H][C@@H](C(=O)OC(C)(C)C)[C@H](c1ccccc1Br)N(Cc1ccccc1)[C@@H](C)c1ccccc1. The van der Waals surface area contributed by atoms with Gasteiger partial charge in [0.25, 0.3) is 0 Å². The summed E-state index contributed by atoms with van der Waals surface area (Å²) in [5.74, 6) is -0.526. The summed E-state index contributed by atoms with van der Waals surface area (Å²) in [5, 5.41) is 0. The second-order valence-electron chi connectivity index (χ2n) is 8.91. The van der Waals surface area contributed by atoms with Crippen LogP contribution in [0.3, 0.4) is 0 Å². The number of esters is 1. The van der Waals surface area contributed by atoms with Crippen LogP contribution in [-0.2, 0) is 16.1 Å². The zero-order valence-electron chi connectivity index (χ0n) is 20.2. The molecule has 3 nitrogen and oxygen atoms in total. The first-order valence-corrected chi connectivity index (χ1v) is 11.7. The third-order valence-corrected chi connectivity index (χ3v) is 5.99. The molecule has 3 aromatic rings. The predicted molar refractivity (Wildman–Crippen MR) is 134 cm³/mol. The first kappa shape index (κ1) is 22.8. The fourth-order valence-corrected chi connectivity index (χ4v) is 4.26. The van der Waals surface area contributed by atoms with Gasteiger partial charge in [-0.05, 0) is 50.5 Å². The Morgan fingerprint density at radius 2 is 1.53 bits per heavy atom. The van der Waals surface area contributed by atoms with E-state index in [1.165, 1.54) is 0 Å². The Labute approximate surface area is 202 Å². The van der Waals surface area contributed by atoms with Crippen LogP contribution >= 0.6 is 15.9 Å². The van der Waals surface area contributed by atoms with Gasteiger partial charge in [0, 0.05) is 24.5 Å². The molecule has 0 aliphatic carbocycles. The van der Waals surface area contributed by atoms with Crippen LogP contribution in [0, 0.1) is 0 Å². The van der Waals surface area contributed by atoms with E-state index in [-0.39, 0.29) is 6.04 Å². The monoisotopic (exact) mass is 494 g/mol. The normalized spacial score (nSPS) is 15.0. The van der Waals surface area contributed by atoms with Crippen molar-refractivity contribution in [2.24, 2.45) is 0 Å². The van der Waals surface area contributed by atoms with Crippen LogP contribution < -0.4 is 0 Å². The number of carbonyl (C=O) groups excluding carboxylic acids is 1. The standard InChI is InChI=1S/C28H32BrNO2/c1-21(23-15-9-6-10-16-23)30(20-22-13-7-5-8-14-22)26(19-27(31)32-28(2,3)4)24-17-11-12-18-25(24)29/h5-18,21,26H,19-20H2,1-4H3/t21-,26+/m0/s1/i19D/t19-,21+,26-/m1. The number of ether oxygens (including phenoxy) is 1. The van der Waals surface area contributed by atoms with E-state index in [9.17, 15) is 4.79 Å². The zero-order chi connectivity index (χ0) is 24.0. The van der Waals surface area contributed by atoms with Crippen molar-refractivity contribution < 1.29 is 10.9 Å². The molecule has 32 heavy (non-hydrogen) atoms. The zero-order valence-corrected chi connectivity index (χ0v) is 20.7. The lowest BCUT2D eigenvalue weighted by molar-refractivity contribution is -0.156. The molecule has 3 rings (SSSR count). The predicted octanol–water partition coefficient (Wildman–Crippen LogP) is 7.49. The fourth-order valence-electron chi connectivity index (χ4n) is 3.74. The van der Waals surface area contributed by atoms with E-state index in [0.717, 1.165) is 21.2 Å². The molecule has 0 fully saturated rings. The summed E-state index contributed by atoms with van der Waals surface area (Å²) < 4.78 is 15.6. The van der Waals surface area contributed by atoms with Crippen molar-refractivity contribution in [3.05, 3.63) is 106 Å². The molecule has 0 aromatic heterocycles. The Morgan fingerprint density at radius 1 is 0.969 bits per heavy atom. The Kier molecular flexibility index (Phi) is 7.77. The van der Waals surface area contributed by atoms with E-state index in [2.05, 4.69) is 52.0 Å². The molecule has 168 valence electrons. The number of benzene rings is 3. The van der Waals surface area contributed by atoms with Crippen molar-refractivity contribution in [1.82, 2.24) is 4.90 Å². The van der Waals surface area contributed by atoms with Gasteiger partial charge in [0.15, 0.2) is 0 Å². The van der Waals surface area contributed by atoms with E-state index >= 15 is 0 Å². The molecular formula is C28H32BrNO2. The van der Waals surface area contributed by atoms with Crippen LogP contribution in [0.25, 0.3) is 0 Å². The summed E-state index contributed by atoms with van der Waals surface area (Å²) in [4.78, 5) is 15.4. The number of hydrogen-bond acceptors (Lipinski definition) is 3. The van der Waals surface area contributed by atoms with E-state index in [0.29, 0.717) is 6.54 Å². The lowest BCUT2D eigenvalue weighted by atomic mass is 9.96. The maximum absolute atomic E-state index is 13.1. The van der Waals surface area contributed by atoms with Gasteiger partial charge in [-0.2, -0.15) is 0 Å². The molecular weight excluding hydrogens is 462 g/mol. The molecule has 0 saturated heterocycles. The average Bonchev–Trinajstić information content (AvgIpc) is 2.79. The minimum atomic E-state index is -1.13. The van der Waals surface area contributed by atoms with Crippen molar-refractivity contribution in [2.75, 3.05) is 0 Å². The highest BCUT2D eigenvalue weighted by Crippen LogP contribution is 2.38. The Balaban J connectivity index is 2.11. The topological polar surface area (TPSA) is 29.5 Å². The second-order valence-corrected chi connectivity index (χ2v) is 9.77. The molecule has 0 amide bonds. The van der Waals surface area contributed by atoms with Crippen molar-refractivity contribution in [2.45, 2.75) is 58.3 Å². The van der Waals surface area contributed by atoms with Crippen molar-refractivity contribution in [1.29, 1.82) is 0 Å². The largest absolute Gasteiger partial charge is 0.460 e. The molecule has 0 bridgehead atoms. The quantitative estimate of drug-likeness (QED) is 0.303. The van der Waals surface area contributed by atoms with E-state index in [1.54, 1.807) is 0 Å². The van der Waals surface area contributed by atoms with Crippen molar-refractivity contribution in [3.8, 4) is 0 Å². The molecule has 3 aromatic carbocycles. The lowest BCUT2D eigenvalue weighted by Gasteiger charge is -2.37. The third-order valence-electron chi connectivity index (χ3n) is 5.27. The first-order chi connectivity index (χ1) is 15.7. The highest BCUT2D eigenvalue weighted by Gasteiger charge is 2.31. The van der Waals surface area contributed by atoms with E-state index in [1.807, 2.05) is 81.4 Å². The van der Waals surface area contributed by atoms with Gasteiger partial charge in [0.1, 0.15) is 5.60 Å². The second kappa shape index (κ2) is 10.9. The van der Waals surface area contributed by atoms with Gasteiger partial charge in [-0.15, -0.1) is 0 Å². The average molecular weight is 495 g/mol. The molecule has 0 aliphatic rings. The van der Waals surface area contributed by atoms with Crippen molar-refractivity contribution in [3.63, 3.8) is 0 Å². The van der Waals surface area contributed by atoms with E-state index < -0.39 is 24.0 Å². The Hall–Kier alpha value is -2.43. The molecule has 0 heterocycles. The highest BCUT2D eigenvalue weighted by molar-refractivity contribution is 9.10. The van der Waals surface area contributed by atoms with Gasteiger partial charge >= 0.3 is 5.97 Å². The molecule has 3 atom stereocenters. The maximum atomic E-state index is 13.1. The van der Waals surface area contributed by atoms with Crippen LogP contribution in [0.4, 0.5) is 0 Å². The number of carbonyl (C=O) groups is 1. The molecule has 0 unspecified atom stereocenters. The summed E-state index contributed by atoms with van der Waals surface area (Å²) in [7, 11) is 0. The highest BCUT2D eigenvalue weighted by atomic mass is 79.9.